The zero-order chi connectivity index (χ0) is 11.1. The molecule has 0 aliphatic carbocycles. The van der Waals surface area contributed by atoms with Gasteiger partial charge in [0.1, 0.15) is 0 Å². The van der Waals surface area contributed by atoms with Crippen LogP contribution in [0.25, 0.3) is 0 Å². The minimum Gasteiger partial charge on any atom is -0.379 e. The number of benzene rings is 1. The van der Waals surface area contributed by atoms with Crippen molar-refractivity contribution >= 4 is 27.1 Å². The first-order valence-electron chi connectivity index (χ1n) is 4.52. The van der Waals surface area contributed by atoms with Crippen molar-refractivity contribution < 1.29 is 8.42 Å². The van der Waals surface area contributed by atoms with E-state index in [4.69, 9.17) is 17.3 Å². The Labute approximate surface area is 93.3 Å². The molecule has 15 heavy (non-hydrogen) atoms. The van der Waals surface area contributed by atoms with E-state index in [1.807, 2.05) is 0 Å². The van der Waals surface area contributed by atoms with E-state index in [0.717, 1.165) is 0 Å². The Morgan fingerprint density at radius 2 is 2.27 bits per heavy atom. The van der Waals surface area contributed by atoms with Crippen LogP contribution in [0.5, 0.6) is 0 Å². The van der Waals surface area contributed by atoms with Gasteiger partial charge in [-0.05, 0) is 18.2 Å². The second kappa shape index (κ2) is 3.66. The van der Waals surface area contributed by atoms with Gasteiger partial charge in [-0.25, -0.2) is 8.42 Å². The van der Waals surface area contributed by atoms with Crippen molar-refractivity contribution in [3.8, 4) is 0 Å². The van der Waals surface area contributed by atoms with Crippen LogP contribution in [0.1, 0.15) is 0 Å². The van der Waals surface area contributed by atoms with Gasteiger partial charge in [0.2, 0.25) is 0 Å². The van der Waals surface area contributed by atoms with Crippen LogP contribution in [0, 0.1) is 0 Å². The van der Waals surface area contributed by atoms with Crippen LogP contribution in [0.2, 0.25) is 5.02 Å². The van der Waals surface area contributed by atoms with Crippen molar-refractivity contribution in [2.45, 2.75) is 10.9 Å². The molecular weight excluding hydrogens is 236 g/mol. The molecule has 0 radical (unpaired) electrons. The van der Waals surface area contributed by atoms with Gasteiger partial charge >= 0.3 is 0 Å². The third-order valence-electron chi connectivity index (χ3n) is 2.34. The van der Waals surface area contributed by atoms with E-state index in [0.29, 0.717) is 15.6 Å². The molecule has 3 N–H and O–H groups in total. The molecule has 82 valence electrons. The molecule has 1 aromatic carbocycles. The Bertz CT molecular complexity index is 487. The number of hydrogen-bond acceptors (Lipinski definition) is 4. The molecule has 1 aliphatic heterocycles. The quantitative estimate of drug-likeness (QED) is 0.771. The predicted molar refractivity (Wildman–Crippen MR) is 60.0 cm³/mol. The van der Waals surface area contributed by atoms with E-state index in [2.05, 4.69) is 5.32 Å². The minimum atomic E-state index is -3.22. The first-order chi connectivity index (χ1) is 7.03. The summed E-state index contributed by atoms with van der Waals surface area (Å²) >= 11 is 5.79. The summed E-state index contributed by atoms with van der Waals surface area (Å²) in [6, 6.07) is 4.46. The lowest BCUT2D eigenvalue weighted by Crippen LogP contribution is -2.39. The van der Waals surface area contributed by atoms with E-state index in [1.54, 1.807) is 12.1 Å². The van der Waals surface area contributed by atoms with Crippen LogP contribution < -0.4 is 11.1 Å². The average Bonchev–Trinajstić information content (AvgIpc) is 2.15. The van der Waals surface area contributed by atoms with Gasteiger partial charge in [-0.15, -0.1) is 0 Å². The highest BCUT2D eigenvalue weighted by Gasteiger charge is 2.29. The number of rotatable bonds is 1. The molecule has 0 aromatic heterocycles. The lowest BCUT2D eigenvalue weighted by Gasteiger charge is -2.25. The standard InChI is InChI=1S/C9H11ClN2O2S/c10-6-1-2-9-8(3-6)12-7(4-11)5-15(9,13)14/h1-3,7,12H,4-5,11H2. The van der Waals surface area contributed by atoms with Gasteiger partial charge in [0.25, 0.3) is 0 Å². The van der Waals surface area contributed by atoms with Gasteiger partial charge in [0.05, 0.1) is 22.4 Å². The van der Waals surface area contributed by atoms with E-state index in [1.165, 1.54) is 6.07 Å². The van der Waals surface area contributed by atoms with Crippen molar-refractivity contribution in [1.29, 1.82) is 0 Å². The van der Waals surface area contributed by atoms with E-state index in [-0.39, 0.29) is 18.3 Å². The summed E-state index contributed by atoms with van der Waals surface area (Å²) in [6.07, 6.45) is 0. The van der Waals surface area contributed by atoms with Crippen molar-refractivity contribution in [3.05, 3.63) is 23.2 Å². The smallest absolute Gasteiger partial charge is 0.182 e. The van der Waals surface area contributed by atoms with Gasteiger partial charge in [-0.2, -0.15) is 0 Å². The maximum atomic E-state index is 11.8. The van der Waals surface area contributed by atoms with Crippen molar-refractivity contribution in [1.82, 2.24) is 0 Å². The fourth-order valence-corrected chi connectivity index (χ4v) is 3.46. The van der Waals surface area contributed by atoms with Crippen molar-refractivity contribution in [3.63, 3.8) is 0 Å². The summed E-state index contributed by atoms with van der Waals surface area (Å²) in [7, 11) is -3.22. The van der Waals surface area contributed by atoms with Gasteiger partial charge in [0, 0.05) is 11.6 Å². The number of fused-ring (bicyclic) bond motifs is 1. The monoisotopic (exact) mass is 246 g/mol. The fraction of sp³-hybridized carbons (Fsp3) is 0.333. The van der Waals surface area contributed by atoms with Crippen LogP contribution in [-0.4, -0.2) is 26.8 Å². The first kappa shape index (κ1) is 10.7. The predicted octanol–water partition coefficient (Wildman–Crippen LogP) is 0.866. The Morgan fingerprint density at radius 3 is 2.93 bits per heavy atom. The second-order valence-electron chi connectivity index (χ2n) is 3.50. The van der Waals surface area contributed by atoms with Crippen LogP contribution in [0.15, 0.2) is 23.1 Å². The van der Waals surface area contributed by atoms with Gasteiger partial charge < -0.3 is 11.1 Å². The summed E-state index contributed by atoms with van der Waals surface area (Å²) in [4.78, 5) is 0.302. The highest BCUT2D eigenvalue weighted by Crippen LogP contribution is 2.30. The molecule has 6 heteroatoms. The number of halogens is 1. The lowest BCUT2D eigenvalue weighted by atomic mass is 10.2. The summed E-state index contributed by atoms with van der Waals surface area (Å²) in [6.45, 7) is 0.283. The molecule has 0 bridgehead atoms. The summed E-state index contributed by atoms with van der Waals surface area (Å²) < 4.78 is 23.6. The summed E-state index contributed by atoms with van der Waals surface area (Å²) in [5.41, 5.74) is 6.01. The lowest BCUT2D eigenvalue weighted by molar-refractivity contribution is 0.586. The second-order valence-corrected chi connectivity index (χ2v) is 5.94. The van der Waals surface area contributed by atoms with Crippen LogP contribution in [-0.2, 0) is 9.84 Å². The molecule has 0 fully saturated rings. The van der Waals surface area contributed by atoms with Gasteiger partial charge in [0.15, 0.2) is 9.84 Å². The van der Waals surface area contributed by atoms with Crippen LogP contribution >= 0.6 is 11.6 Å². The average molecular weight is 247 g/mol. The molecule has 0 spiro atoms. The van der Waals surface area contributed by atoms with E-state index >= 15 is 0 Å². The number of nitrogens with two attached hydrogens (primary N) is 1. The molecular formula is C9H11ClN2O2S. The Morgan fingerprint density at radius 1 is 1.53 bits per heavy atom. The zero-order valence-corrected chi connectivity index (χ0v) is 9.48. The zero-order valence-electron chi connectivity index (χ0n) is 7.90. The van der Waals surface area contributed by atoms with Crippen molar-refractivity contribution in [2.24, 2.45) is 5.73 Å². The topological polar surface area (TPSA) is 72.2 Å². The highest BCUT2D eigenvalue weighted by molar-refractivity contribution is 7.91. The van der Waals surface area contributed by atoms with Crippen LogP contribution in [0.4, 0.5) is 5.69 Å². The largest absolute Gasteiger partial charge is 0.379 e. The molecule has 1 aromatic rings. The third-order valence-corrected chi connectivity index (χ3v) is 4.44. The fourth-order valence-electron chi connectivity index (χ4n) is 1.63. The molecule has 1 unspecified atom stereocenters. The number of sulfone groups is 1. The third kappa shape index (κ3) is 1.95. The van der Waals surface area contributed by atoms with Gasteiger partial charge in [-0.3, -0.25) is 0 Å². The highest BCUT2D eigenvalue weighted by atomic mass is 35.5. The minimum absolute atomic E-state index is 0.0398. The Hall–Kier alpha value is -0.780. The normalized spacial score (nSPS) is 22.9. The van der Waals surface area contributed by atoms with E-state index in [9.17, 15) is 8.42 Å². The number of anilines is 1. The van der Waals surface area contributed by atoms with Crippen LogP contribution in [0.3, 0.4) is 0 Å². The molecule has 0 amide bonds. The SMILES string of the molecule is NCC1CS(=O)(=O)c2ccc(Cl)cc2N1. The molecule has 4 nitrogen and oxygen atoms in total. The summed E-state index contributed by atoms with van der Waals surface area (Å²) in [5.74, 6) is 0.0398. The molecule has 0 saturated carbocycles. The van der Waals surface area contributed by atoms with Gasteiger partial charge in [-0.1, -0.05) is 11.6 Å². The maximum absolute atomic E-state index is 11.8. The molecule has 0 saturated heterocycles. The molecule has 1 heterocycles. The Balaban J connectivity index is 2.55. The number of nitrogens with one attached hydrogen (secondary N) is 1. The molecule has 1 aliphatic rings. The molecule has 2 rings (SSSR count). The van der Waals surface area contributed by atoms with E-state index < -0.39 is 9.84 Å². The summed E-state index contributed by atoms with van der Waals surface area (Å²) in [5, 5.41) is 3.56. The molecule has 1 atom stereocenters. The van der Waals surface area contributed by atoms with Crippen molar-refractivity contribution in [2.75, 3.05) is 17.6 Å². The Kier molecular flexibility index (Phi) is 2.62. The first-order valence-corrected chi connectivity index (χ1v) is 6.55. The number of hydrogen-bond donors (Lipinski definition) is 2. The maximum Gasteiger partial charge on any atom is 0.182 e.